The summed E-state index contributed by atoms with van der Waals surface area (Å²) >= 11 is 1.69. The first-order valence-electron chi connectivity index (χ1n) is 5.84. The summed E-state index contributed by atoms with van der Waals surface area (Å²) in [5.41, 5.74) is 5.02. The largest absolute Gasteiger partial charge is 0.294 e. The smallest absolute Gasteiger partial charge is 0.131 e. The molecule has 19 heavy (non-hydrogen) atoms. The lowest BCUT2D eigenvalue weighted by atomic mass is 10.0. The lowest BCUT2D eigenvalue weighted by Gasteiger charge is -2.02. The van der Waals surface area contributed by atoms with Crippen LogP contribution in [-0.2, 0) is 0 Å². The summed E-state index contributed by atoms with van der Waals surface area (Å²) in [4.78, 5) is 3.99. The average molecular weight is 268 g/mol. The normalized spacial score (nSPS) is 11.2. The highest BCUT2D eigenvalue weighted by atomic mass is 32.1. The third-order valence-electron chi connectivity index (χ3n) is 2.82. The van der Waals surface area contributed by atoms with Gasteiger partial charge in [0.1, 0.15) is 11.4 Å². The van der Waals surface area contributed by atoms with Gasteiger partial charge in [-0.05, 0) is 34.0 Å². The third-order valence-corrected chi connectivity index (χ3v) is 3.50. The summed E-state index contributed by atoms with van der Waals surface area (Å²) in [6.07, 6.45) is 1.70. The Kier molecular flexibility index (Phi) is 3.20. The zero-order valence-electron chi connectivity index (χ0n) is 10.4. The lowest BCUT2D eigenvalue weighted by molar-refractivity contribution is 0.940. The molecular formula is C14H12N4S. The van der Waals surface area contributed by atoms with E-state index in [0.717, 1.165) is 17.0 Å². The van der Waals surface area contributed by atoms with E-state index < -0.39 is 0 Å². The van der Waals surface area contributed by atoms with Gasteiger partial charge in [0.25, 0.3) is 0 Å². The summed E-state index contributed by atoms with van der Waals surface area (Å²) in [7, 11) is 1.72. The van der Waals surface area contributed by atoms with Crippen LogP contribution in [0.5, 0.6) is 0 Å². The van der Waals surface area contributed by atoms with E-state index in [1.165, 1.54) is 11.1 Å². The summed E-state index contributed by atoms with van der Waals surface area (Å²) < 4.78 is 0. The topological polar surface area (TPSA) is 53.9 Å². The molecule has 0 aliphatic carbocycles. The van der Waals surface area contributed by atoms with E-state index in [1.807, 2.05) is 12.1 Å². The number of aromatic amines is 1. The molecule has 0 aliphatic heterocycles. The van der Waals surface area contributed by atoms with Gasteiger partial charge in [0.15, 0.2) is 0 Å². The maximum Gasteiger partial charge on any atom is 0.131 e. The molecule has 5 heteroatoms. The second-order valence-electron chi connectivity index (χ2n) is 4.04. The molecule has 1 aromatic carbocycles. The Balaban J connectivity index is 2.06. The highest BCUT2D eigenvalue weighted by Gasteiger charge is 2.09. The van der Waals surface area contributed by atoms with E-state index in [1.54, 1.807) is 24.6 Å². The molecule has 4 nitrogen and oxygen atoms in total. The number of aromatic nitrogens is 3. The Morgan fingerprint density at radius 3 is 2.84 bits per heavy atom. The molecule has 0 amide bonds. The van der Waals surface area contributed by atoms with Crippen molar-refractivity contribution < 1.29 is 0 Å². The first-order chi connectivity index (χ1) is 9.38. The molecule has 3 aromatic rings. The van der Waals surface area contributed by atoms with Crippen LogP contribution < -0.4 is 0 Å². The molecule has 0 radical (unpaired) electrons. The first-order valence-corrected chi connectivity index (χ1v) is 6.78. The number of nitrogens with zero attached hydrogens (tertiary/aromatic N) is 3. The Hall–Kier alpha value is -2.27. The minimum atomic E-state index is 0.755. The number of benzene rings is 1. The predicted octanol–water partition coefficient (Wildman–Crippen LogP) is 3.25. The van der Waals surface area contributed by atoms with Gasteiger partial charge in [0, 0.05) is 12.6 Å². The molecule has 0 saturated carbocycles. The van der Waals surface area contributed by atoms with E-state index in [-0.39, 0.29) is 0 Å². The van der Waals surface area contributed by atoms with Gasteiger partial charge in [-0.25, -0.2) is 0 Å². The summed E-state index contributed by atoms with van der Waals surface area (Å²) in [5.74, 6) is 0. The van der Waals surface area contributed by atoms with Crippen LogP contribution in [0.4, 0.5) is 0 Å². The van der Waals surface area contributed by atoms with Crippen LogP contribution in [0.25, 0.3) is 22.4 Å². The van der Waals surface area contributed by atoms with E-state index in [9.17, 15) is 0 Å². The van der Waals surface area contributed by atoms with Crippen LogP contribution in [0.2, 0.25) is 0 Å². The number of hydrogen-bond acceptors (Lipinski definition) is 4. The molecule has 0 saturated heterocycles. The fourth-order valence-electron chi connectivity index (χ4n) is 1.94. The van der Waals surface area contributed by atoms with Crippen molar-refractivity contribution in [1.29, 1.82) is 0 Å². The van der Waals surface area contributed by atoms with Crippen LogP contribution in [0.1, 0.15) is 5.69 Å². The number of thiophene rings is 1. The van der Waals surface area contributed by atoms with Gasteiger partial charge in [0.05, 0.1) is 6.21 Å². The molecule has 94 valence electrons. The standard InChI is InChI=1S/C14H12N4S/c1-15-8-13-14(17-18-16-13)11-4-2-3-10(7-11)12-5-6-19-9-12/h2-9H,1H3,(H,16,17,18). The summed E-state index contributed by atoms with van der Waals surface area (Å²) in [5, 5.41) is 15.2. The second-order valence-corrected chi connectivity index (χ2v) is 4.82. The predicted molar refractivity (Wildman–Crippen MR) is 78.6 cm³/mol. The quantitative estimate of drug-likeness (QED) is 0.741. The first kappa shape index (κ1) is 11.8. The highest BCUT2D eigenvalue weighted by Crippen LogP contribution is 2.27. The molecule has 0 fully saturated rings. The van der Waals surface area contributed by atoms with Crippen molar-refractivity contribution in [1.82, 2.24) is 15.4 Å². The second kappa shape index (κ2) is 5.16. The maximum atomic E-state index is 4.20. The number of hydrogen-bond donors (Lipinski definition) is 1. The minimum Gasteiger partial charge on any atom is -0.294 e. The number of aliphatic imine (C=N–C) groups is 1. The molecule has 2 aromatic heterocycles. The van der Waals surface area contributed by atoms with E-state index in [0.29, 0.717) is 0 Å². The number of rotatable bonds is 3. The van der Waals surface area contributed by atoms with Gasteiger partial charge >= 0.3 is 0 Å². The monoisotopic (exact) mass is 268 g/mol. The van der Waals surface area contributed by atoms with Crippen molar-refractivity contribution in [3.8, 4) is 22.4 Å². The van der Waals surface area contributed by atoms with Crippen molar-refractivity contribution in [2.75, 3.05) is 7.05 Å². The average Bonchev–Trinajstić information content (AvgIpc) is 3.10. The van der Waals surface area contributed by atoms with Crippen molar-refractivity contribution in [2.45, 2.75) is 0 Å². The van der Waals surface area contributed by atoms with Crippen molar-refractivity contribution in [2.24, 2.45) is 4.99 Å². The third kappa shape index (κ3) is 2.32. The van der Waals surface area contributed by atoms with Gasteiger partial charge in [-0.2, -0.15) is 26.7 Å². The van der Waals surface area contributed by atoms with Crippen molar-refractivity contribution in [3.05, 3.63) is 46.8 Å². The highest BCUT2D eigenvalue weighted by molar-refractivity contribution is 7.08. The molecule has 3 rings (SSSR count). The van der Waals surface area contributed by atoms with Gasteiger partial charge < -0.3 is 0 Å². The Morgan fingerprint density at radius 1 is 1.16 bits per heavy atom. The van der Waals surface area contributed by atoms with Crippen LogP contribution in [0, 0.1) is 0 Å². The van der Waals surface area contributed by atoms with Crippen LogP contribution >= 0.6 is 11.3 Å². The van der Waals surface area contributed by atoms with Crippen molar-refractivity contribution in [3.63, 3.8) is 0 Å². The number of nitrogens with one attached hydrogen (secondary N) is 1. The molecule has 0 atom stereocenters. The van der Waals surface area contributed by atoms with Gasteiger partial charge in [-0.15, -0.1) is 0 Å². The molecule has 0 bridgehead atoms. The lowest BCUT2D eigenvalue weighted by Crippen LogP contribution is -1.87. The van der Waals surface area contributed by atoms with Gasteiger partial charge in [0.2, 0.25) is 0 Å². The fraction of sp³-hybridized carbons (Fsp3) is 0.0714. The minimum absolute atomic E-state index is 0.755. The SMILES string of the molecule is CN=Cc1n[nH]nc1-c1cccc(-c2ccsc2)c1. The molecular weight excluding hydrogens is 256 g/mol. The fourth-order valence-corrected chi connectivity index (χ4v) is 2.60. The molecule has 2 heterocycles. The van der Waals surface area contributed by atoms with Crippen LogP contribution in [-0.4, -0.2) is 28.7 Å². The van der Waals surface area contributed by atoms with E-state index in [2.05, 4.69) is 49.4 Å². The zero-order chi connectivity index (χ0) is 13.1. The summed E-state index contributed by atoms with van der Waals surface area (Å²) in [6, 6.07) is 10.4. The van der Waals surface area contributed by atoms with Crippen LogP contribution in [0.15, 0.2) is 46.1 Å². The van der Waals surface area contributed by atoms with E-state index >= 15 is 0 Å². The molecule has 0 aliphatic rings. The Morgan fingerprint density at radius 2 is 2.05 bits per heavy atom. The molecule has 0 spiro atoms. The van der Waals surface area contributed by atoms with E-state index in [4.69, 9.17) is 0 Å². The summed E-state index contributed by atoms with van der Waals surface area (Å²) in [6.45, 7) is 0. The maximum absolute atomic E-state index is 4.20. The Bertz CT molecular complexity index is 698. The number of H-pyrrole nitrogens is 1. The zero-order valence-corrected chi connectivity index (χ0v) is 11.2. The van der Waals surface area contributed by atoms with Gasteiger partial charge in [-0.1, -0.05) is 18.2 Å². The van der Waals surface area contributed by atoms with Gasteiger partial charge in [-0.3, -0.25) is 4.99 Å². The Labute approximate surface area is 114 Å². The molecule has 1 N–H and O–H groups in total. The van der Waals surface area contributed by atoms with Crippen LogP contribution in [0.3, 0.4) is 0 Å². The molecule has 0 unspecified atom stereocenters. The van der Waals surface area contributed by atoms with Crippen molar-refractivity contribution >= 4 is 17.6 Å².